The molecule has 0 saturated heterocycles. The highest BCUT2D eigenvalue weighted by molar-refractivity contribution is 6.10. The van der Waals surface area contributed by atoms with Crippen LogP contribution in [0.15, 0.2) is 60.7 Å². The second-order valence-corrected chi connectivity index (χ2v) is 6.24. The van der Waals surface area contributed by atoms with Gasteiger partial charge in [-0.25, -0.2) is 0 Å². The van der Waals surface area contributed by atoms with Crippen LogP contribution in [0.4, 0.5) is 0 Å². The highest BCUT2D eigenvalue weighted by Crippen LogP contribution is 2.41. The molecule has 0 N–H and O–H groups in total. The second-order valence-electron chi connectivity index (χ2n) is 6.24. The van der Waals surface area contributed by atoms with Crippen molar-refractivity contribution < 1.29 is 0 Å². The molecule has 0 bridgehead atoms. The van der Waals surface area contributed by atoms with Gasteiger partial charge in [0.2, 0.25) is 0 Å². The number of rotatable bonds is 1. The Hall–Kier alpha value is -4.64. The molecule has 0 spiro atoms. The third-order valence-corrected chi connectivity index (χ3v) is 4.81. The number of benzene rings is 4. The summed E-state index contributed by atoms with van der Waals surface area (Å²) in [6, 6.07) is 26.7. The predicted octanol–water partition coefficient (Wildman–Crippen LogP) is 5.15. The van der Waals surface area contributed by atoms with E-state index in [2.05, 4.69) is 24.3 Å². The van der Waals surface area contributed by atoms with Gasteiger partial charge in [0, 0.05) is 11.1 Å². The van der Waals surface area contributed by atoms with E-state index in [1.807, 2.05) is 48.5 Å². The Morgan fingerprint density at radius 3 is 1.25 bits per heavy atom. The van der Waals surface area contributed by atoms with E-state index in [0.717, 1.165) is 21.5 Å². The largest absolute Gasteiger partial charge is 0.192 e. The summed E-state index contributed by atoms with van der Waals surface area (Å²) in [6.07, 6.45) is 0. The van der Waals surface area contributed by atoms with Crippen LogP contribution < -0.4 is 0 Å². The van der Waals surface area contributed by atoms with Crippen molar-refractivity contribution in [2.75, 3.05) is 0 Å². The van der Waals surface area contributed by atoms with Crippen molar-refractivity contribution >= 4 is 21.5 Å². The maximum atomic E-state index is 9.86. The van der Waals surface area contributed by atoms with Gasteiger partial charge in [-0.3, -0.25) is 0 Å². The highest BCUT2D eigenvalue weighted by atomic mass is 14.3. The van der Waals surface area contributed by atoms with E-state index >= 15 is 0 Å². The van der Waals surface area contributed by atoms with Crippen LogP contribution in [0.2, 0.25) is 0 Å². The molecule has 0 radical (unpaired) electrons. The van der Waals surface area contributed by atoms with E-state index < -0.39 is 0 Å². The molecular formula is C24H10N4. The lowest BCUT2D eigenvalue weighted by molar-refractivity contribution is 1.42. The summed E-state index contributed by atoms with van der Waals surface area (Å²) in [7, 11) is 0. The van der Waals surface area contributed by atoms with Crippen LogP contribution >= 0.6 is 0 Å². The Labute approximate surface area is 161 Å². The first-order valence-electron chi connectivity index (χ1n) is 8.45. The molecule has 0 atom stereocenters. The molecule has 28 heavy (non-hydrogen) atoms. The summed E-state index contributed by atoms with van der Waals surface area (Å²) in [6.45, 7) is 0. The van der Waals surface area contributed by atoms with Gasteiger partial charge in [0.25, 0.3) is 0 Å². The number of nitrogens with zero attached hydrogens (tertiary/aromatic N) is 4. The van der Waals surface area contributed by atoms with Crippen molar-refractivity contribution in [2.45, 2.75) is 0 Å². The normalized spacial score (nSPS) is 10.0. The summed E-state index contributed by atoms with van der Waals surface area (Å²) >= 11 is 0. The summed E-state index contributed by atoms with van der Waals surface area (Å²) in [5.74, 6) is 0. The number of fused-ring (bicyclic) bond motifs is 2. The summed E-state index contributed by atoms with van der Waals surface area (Å²) in [5, 5.41) is 42.0. The molecule has 4 aromatic rings. The minimum absolute atomic E-state index is 0.206. The lowest BCUT2D eigenvalue weighted by Gasteiger charge is -2.16. The summed E-state index contributed by atoms with van der Waals surface area (Å²) in [4.78, 5) is 0. The third kappa shape index (κ3) is 2.35. The molecule has 4 nitrogen and oxygen atoms in total. The van der Waals surface area contributed by atoms with Gasteiger partial charge in [-0.05, 0) is 33.7 Å². The van der Waals surface area contributed by atoms with Crippen molar-refractivity contribution in [3.05, 3.63) is 82.9 Å². The van der Waals surface area contributed by atoms with Gasteiger partial charge >= 0.3 is 0 Å². The molecule has 126 valence electrons. The van der Waals surface area contributed by atoms with E-state index in [9.17, 15) is 21.0 Å². The highest BCUT2D eigenvalue weighted by Gasteiger charge is 2.22. The number of nitriles is 4. The van der Waals surface area contributed by atoms with Crippen molar-refractivity contribution in [3.8, 4) is 35.4 Å². The van der Waals surface area contributed by atoms with Crippen molar-refractivity contribution in [2.24, 2.45) is 0 Å². The summed E-state index contributed by atoms with van der Waals surface area (Å²) in [5.41, 5.74) is 1.93. The molecule has 0 amide bonds. The van der Waals surface area contributed by atoms with Gasteiger partial charge in [0.05, 0.1) is 22.3 Å². The average molecular weight is 354 g/mol. The topological polar surface area (TPSA) is 95.2 Å². The molecule has 0 aliphatic rings. The zero-order chi connectivity index (χ0) is 19.7. The standard InChI is InChI=1S/C24H10N4/c25-11-17-9-15-5-1-3-7-19(15)23(21(17)13-27)24-20-8-4-2-6-16(20)10-18(12-26)22(24)14-28/h1-10H. The number of hydrogen-bond acceptors (Lipinski definition) is 4. The van der Waals surface area contributed by atoms with Crippen LogP contribution in [0.1, 0.15) is 22.3 Å². The lowest BCUT2D eigenvalue weighted by atomic mass is 9.84. The zero-order valence-electron chi connectivity index (χ0n) is 14.6. The Bertz CT molecular complexity index is 1340. The van der Waals surface area contributed by atoms with E-state index in [4.69, 9.17) is 0 Å². The molecule has 0 aromatic heterocycles. The minimum Gasteiger partial charge on any atom is -0.192 e. The van der Waals surface area contributed by atoms with Crippen LogP contribution in [0.25, 0.3) is 32.7 Å². The van der Waals surface area contributed by atoms with Gasteiger partial charge in [0.15, 0.2) is 0 Å². The van der Waals surface area contributed by atoms with Crippen LogP contribution in [0.5, 0.6) is 0 Å². The van der Waals surface area contributed by atoms with Crippen LogP contribution in [-0.4, -0.2) is 0 Å². The monoisotopic (exact) mass is 354 g/mol. The van der Waals surface area contributed by atoms with Crippen LogP contribution in [0.3, 0.4) is 0 Å². The average Bonchev–Trinajstić information content (AvgIpc) is 2.76. The summed E-state index contributed by atoms with van der Waals surface area (Å²) < 4.78 is 0. The van der Waals surface area contributed by atoms with E-state index in [0.29, 0.717) is 11.1 Å². The maximum Gasteiger partial charge on any atom is 0.101 e. The Morgan fingerprint density at radius 2 is 0.893 bits per heavy atom. The first kappa shape index (κ1) is 16.8. The quantitative estimate of drug-likeness (QED) is 0.472. The predicted molar refractivity (Wildman–Crippen MR) is 106 cm³/mol. The molecule has 0 heterocycles. The molecule has 4 aromatic carbocycles. The van der Waals surface area contributed by atoms with Gasteiger partial charge in [0.1, 0.15) is 24.3 Å². The smallest absolute Gasteiger partial charge is 0.101 e. The lowest BCUT2D eigenvalue weighted by Crippen LogP contribution is -1.98. The van der Waals surface area contributed by atoms with Crippen LogP contribution in [-0.2, 0) is 0 Å². The van der Waals surface area contributed by atoms with Gasteiger partial charge in [-0.1, -0.05) is 48.5 Å². The van der Waals surface area contributed by atoms with Crippen LogP contribution in [0, 0.1) is 45.3 Å². The minimum atomic E-state index is 0.206. The fraction of sp³-hybridized carbons (Fsp3) is 0. The fourth-order valence-electron chi connectivity index (χ4n) is 3.62. The van der Waals surface area contributed by atoms with Crippen molar-refractivity contribution in [1.82, 2.24) is 0 Å². The molecule has 0 unspecified atom stereocenters. The molecule has 4 rings (SSSR count). The molecule has 0 saturated carbocycles. The Morgan fingerprint density at radius 1 is 0.500 bits per heavy atom. The Balaban J connectivity index is 2.36. The van der Waals surface area contributed by atoms with Gasteiger partial charge in [-0.15, -0.1) is 0 Å². The van der Waals surface area contributed by atoms with E-state index in [-0.39, 0.29) is 22.3 Å². The first-order valence-corrected chi connectivity index (χ1v) is 8.45. The van der Waals surface area contributed by atoms with Gasteiger partial charge < -0.3 is 0 Å². The van der Waals surface area contributed by atoms with E-state index in [1.54, 1.807) is 12.1 Å². The van der Waals surface area contributed by atoms with Gasteiger partial charge in [-0.2, -0.15) is 21.0 Å². The SMILES string of the molecule is N#Cc1cc2ccccc2c(-c2c(C#N)c(C#N)cc3ccccc23)c1C#N. The molecule has 0 fully saturated rings. The second kappa shape index (κ2) is 6.59. The van der Waals surface area contributed by atoms with Crippen molar-refractivity contribution in [3.63, 3.8) is 0 Å². The number of hydrogen-bond donors (Lipinski definition) is 0. The maximum absolute atomic E-state index is 9.86. The Kier molecular flexibility index (Phi) is 3.95. The van der Waals surface area contributed by atoms with E-state index in [1.165, 1.54) is 0 Å². The van der Waals surface area contributed by atoms with Crippen molar-refractivity contribution in [1.29, 1.82) is 21.0 Å². The first-order chi connectivity index (χ1) is 13.7. The molecule has 4 heteroatoms. The molecular weight excluding hydrogens is 344 g/mol. The third-order valence-electron chi connectivity index (χ3n) is 4.81. The molecule has 0 aliphatic heterocycles. The fourth-order valence-corrected chi connectivity index (χ4v) is 3.62. The zero-order valence-corrected chi connectivity index (χ0v) is 14.6. The molecule has 0 aliphatic carbocycles.